The number of pyridine rings is 1. The van der Waals surface area contributed by atoms with E-state index in [0.29, 0.717) is 27.9 Å². The number of nitrogens with zero attached hydrogens (tertiary/aromatic N) is 1. The lowest BCUT2D eigenvalue weighted by atomic mass is 9.98. The van der Waals surface area contributed by atoms with Crippen molar-refractivity contribution < 1.29 is 14.6 Å². The summed E-state index contributed by atoms with van der Waals surface area (Å²) in [5.74, 6) is -0.910. The molecule has 3 rings (SSSR count). The highest BCUT2D eigenvalue weighted by Crippen LogP contribution is 2.34. The van der Waals surface area contributed by atoms with Crippen LogP contribution in [0.1, 0.15) is 5.56 Å². The number of aromatic hydroxyl groups is 2. The highest BCUT2D eigenvalue weighted by molar-refractivity contribution is 5.95. The maximum Gasteiger partial charge on any atom is 0.158 e. The molecule has 0 amide bonds. The number of benzene rings is 2. The Kier molecular flexibility index (Phi) is 3.87. The van der Waals surface area contributed by atoms with E-state index in [1.54, 1.807) is 30.3 Å². The zero-order chi connectivity index (χ0) is 17.3. The minimum Gasteiger partial charge on any atom is -0.504 e. The van der Waals surface area contributed by atoms with Gasteiger partial charge in [0.1, 0.15) is 11.6 Å². The van der Waals surface area contributed by atoms with Crippen LogP contribution in [0.3, 0.4) is 0 Å². The molecule has 0 unspecified atom stereocenters. The van der Waals surface area contributed by atoms with Crippen molar-refractivity contribution in [3.8, 4) is 33.9 Å². The zero-order valence-corrected chi connectivity index (χ0v) is 12.5. The Morgan fingerprint density at radius 3 is 2.42 bits per heavy atom. The molecule has 120 valence electrons. The van der Waals surface area contributed by atoms with E-state index in [0.717, 1.165) is 6.21 Å². The maximum absolute atomic E-state index is 14.2. The van der Waals surface area contributed by atoms with Crippen molar-refractivity contribution in [3.63, 3.8) is 0 Å². The summed E-state index contributed by atoms with van der Waals surface area (Å²) in [7, 11) is 0. The number of halogens is 1. The summed E-state index contributed by atoms with van der Waals surface area (Å²) in [6, 6.07) is 12.0. The third-order valence-corrected chi connectivity index (χ3v) is 3.67. The predicted octanol–water partition coefficient (Wildman–Crippen LogP) is 3.55. The molecule has 0 aliphatic heterocycles. The molecular weight excluding hydrogens is 309 g/mol. The average molecular weight is 323 g/mol. The van der Waals surface area contributed by atoms with Gasteiger partial charge in [-0.3, -0.25) is 0 Å². The Bertz CT molecular complexity index is 942. The van der Waals surface area contributed by atoms with Crippen LogP contribution in [0.4, 0.5) is 10.2 Å². The molecule has 1 aromatic heterocycles. The molecule has 0 saturated heterocycles. The highest BCUT2D eigenvalue weighted by atomic mass is 19.1. The minimum atomic E-state index is -0.439. The molecule has 5 nitrogen and oxygen atoms in total. The smallest absolute Gasteiger partial charge is 0.158 e. The van der Waals surface area contributed by atoms with E-state index >= 15 is 0 Å². The number of hydrogen-bond acceptors (Lipinski definition) is 5. The topological polar surface area (TPSA) is 103 Å². The lowest BCUT2D eigenvalue weighted by Gasteiger charge is -2.12. The van der Waals surface area contributed by atoms with Crippen LogP contribution >= 0.6 is 0 Å². The fourth-order valence-corrected chi connectivity index (χ4v) is 2.46. The molecule has 3 aromatic rings. The monoisotopic (exact) mass is 323 g/mol. The van der Waals surface area contributed by atoms with E-state index in [4.69, 9.17) is 11.1 Å². The van der Waals surface area contributed by atoms with Gasteiger partial charge in [0.15, 0.2) is 11.5 Å². The van der Waals surface area contributed by atoms with Gasteiger partial charge in [-0.2, -0.15) is 0 Å². The lowest BCUT2D eigenvalue weighted by molar-refractivity contribution is 0.404. The van der Waals surface area contributed by atoms with Crippen molar-refractivity contribution in [2.75, 3.05) is 5.73 Å². The van der Waals surface area contributed by atoms with Crippen molar-refractivity contribution in [1.29, 1.82) is 5.41 Å². The summed E-state index contributed by atoms with van der Waals surface area (Å²) >= 11 is 0. The first-order chi connectivity index (χ1) is 11.5. The molecule has 0 bridgehead atoms. The van der Waals surface area contributed by atoms with E-state index in [1.807, 2.05) is 0 Å². The molecule has 1 heterocycles. The molecular formula is C18H14FN3O2. The molecule has 0 aliphatic carbocycles. The second kappa shape index (κ2) is 6.00. The van der Waals surface area contributed by atoms with Crippen LogP contribution in [0.5, 0.6) is 11.5 Å². The Morgan fingerprint density at radius 1 is 1.00 bits per heavy atom. The molecule has 0 radical (unpaired) electrons. The molecule has 5 N–H and O–H groups in total. The largest absolute Gasteiger partial charge is 0.504 e. The Morgan fingerprint density at radius 2 is 1.75 bits per heavy atom. The van der Waals surface area contributed by atoms with Crippen molar-refractivity contribution in [2.24, 2.45) is 0 Å². The molecule has 0 spiro atoms. The number of phenols is 2. The first-order valence-corrected chi connectivity index (χ1v) is 7.09. The SMILES string of the molecule is N=Cc1c(-c2ccccc2F)cc(-c2ccc(O)c(O)c2)nc1N. The Labute approximate surface area is 137 Å². The number of aromatic nitrogens is 1. The molecule has 0 aliphatic rings. The van der Waals surface area contributed by atoms with Crippen LogP contribution in [-0.4, -0.2) is 21.4 Å². The molecule has 0 atom stereocenters. The fraction of sp³-hybridized carbons (Fsp3) is 0. The first kappa shape index (κ1) is 15.5. The van der Waals surface area contributed by atoms with Gasteiger partial charge in [-0.05, 0) is 35.9 Å². The summed E-state index contributed by atoms with van der Waals surface area (Å²) in [6.07, 6.45) is 1.03. The summed E-state index contributed by atoms with van der Waals surface area (Å²) < 4.78 is 14.2. The van der Waals surface area contributed by atoms with Crippen LogP contribution in [0.15, 0.2) is 48.5 Å². The minimum absolute atomic E-state index is 0.0771. The number of hydrogen-bond donors (Lipinski definition) is 4. The van der Waals surface area contributed by atoms with Crippen LogP contribution in [0.2, 0.25) is 0 Å². The zero-order valence-electron chi connectivity index (χ0n) is 12.5. The summed E-state index contributed by atoms with van der Waals surface area (Å²) in [4.78, 5) is 4.21. The summed E-state index contributed by atoms with van der Waals surface area (Å²) in [6.45, 7) is 0. The normalized spacial score (nSPS) is 10.5. The molecule has 0 saturated carbocycles. The van der Waals surface area contributed by atoms with Gasteiger partial charge in [-0.25, -0.2) is 9.37 Å². The van der Waals surface area contributed by atoms with Gasteiger partial charge in [0.2, 0.25) is 0 Å². The van der Waals surface area contributed by atoms with Crippen molar-refractivity contribution in [2.45, 2.75) is 0 Å². The van der Waals surface area contributed by atoms with Crippen LogP contribution < -0.4 is 5.73 Å². The quantitative estimate of drug-likeness (QED) is 0.437. The lowest BCUT2D eigenvalue weighted by Crippen LogP contribution is -2.02. The number of nitrogen functional groups attached to an aromatic ring is 1. The van der Waals surface area contributed by atoms with E-state index in [1.165, 1.54) is 18.2 Å². The van der Waals surface area contributed by atoms with E-state index in [9.17, 15) is 14.6 Å². The number of rotatable bonds is 3. The third kappa shape index (κ3) is 2.65. The average Bonchev–Trinajstić information content (AvgIpc) is 2.57. The van der Waals surface area contributed by atoms with Gasteiger partial charge in [0.25, 0.3) is 0 Å². The van der Waals surface area contributed by atoms with E-state index in [-0.39, 0.29) is 17.3 Å². The standard InChI is InChI=1S/C18H14FN3O2/c19-14-4-2-1-3-11(14)12-8-15(22-18(21)13(12)9-20)10-5-6-16(23)17(24)7-10/h1-9,20,23-24H,(H2,21,22). The van der Waals surface area contributed by atoms with Gasteiger partial charge in [0.05, 0.1) is 5.69 Å². The Balaban J connectivity index is 2.26. The van der Waals surface area contributed by atoms with Gasteiger partial charge in [-0.1, -0.05) is 18.2 Å². The molecule has 24 heavy (non-hydrogen) atoms. The van der Waals surface area contributed by atoms with E-state index in [2.05, 4.69) is 4.98 Å². The van der Waals surface area contributed by atoms with Crippen molar-refractivity contribution in [1.82, 2.24) is 4.98 Å². The van der Waals surface area contributed by atoms with Crippen LogP contribution in [0, 0.1) is 11.2 Å². The molecule has 2 aromatic carbocycles. The highest BCUT2D eigenvalue weighted by Gasteiger charge is 2.15. The molecule has 6 heteroatoms. The molecule has 0 fully saturated rings. The van der Waals surface area contributed by atoms with Gasteiger partial charge >= 0.3 is 0 Å². The van der Waals surface area contributed by atoms with Crippen LogP contribution in [-0.2, 0) is 0 Å². The van der Waals surface area contributed by atoms with Crippen molar-refractivity contribution in [3.05, 3.63) is 59.9 Å². The number of anilines is 1. The first-order valence-electron chi connectivity index (χ1n) is 7.09. The second-order valence-corrected chi connectivity index (χ2v) is 5.18. The maximum atomic E-state index is 14.2. The Hall–Kier alpha value is -3.41. The van der Waals surface area contributed by atoms with Gasteiger partial charge in [-0.15, -0.1) is 0 Å². The third-order valence-electron chi connectivity index (χ3n) is 3.67. The second-order valence-electron chi connectivity index (χ2n) is 5.18. The number of nitrogens with two attached hydrogens (primary N) is 1. The predicted molar refractivity (Wildman–Crippen MR) is 90.7 cm³/mol. The summed E-state index contributed by atoms with van der Waals surface area (Å²) in [5, 5.41) is 26.6. The van der Waals surface area contributed by atoms with Crippen LogP contribution in [0.25, 0.3) is 22.4 Å². The fourth-order valence-electron chi connectivity index (χ4n) is 2.46. The van der Waals surface area contributed by atoms with Gasteiger partial charge in [0, 0.05) is 22.9 Å². The van der Waals surface area contributed by atoms with Crippen molar-refractivity contribution >= 4 is 12.0 Å². The van der Waals surface area contributed by atoms with E-state index < -0.39 is 5.82 Å². The number of nitrogens with one attached hydrogen (secondary N) is 1. The van der Waals surface area contributed by atoms with Gasteiger partial charge < -0.3 is 21.4 Å². The number of phenolic OH excluding ortho intramolecular Hbond substituents is 2. The summed E-state index contributed by atoms with van der Waals surface area (Å²) in [5.41, 5.74) is 7.87.